The van der Waals surface area contributed by atoms with E-state index in [-0.39, 0.29) is 29.1 Å². The van der Waals surface area contributed by atoms with Gasteiger partial charge in [0, 0.05) is 36.6 Å². The van der Waals surface area contributed by atoms with Crippen LogP contribution in [0, 0.1) is 36.9 Å². The second-order valence-corrected chi connectivity index (χ2v) is 11.9. The second-order valence-electron chi connectivity index (χ2n) is 11.9. The first-order valence-corrected chi connectivity index (χ1v) is 13.2. The van der Waals surface area contributed by atoms with E-state index in [0.29, 0.717) is 29.5 Å². The van der Waals surface area contributed by atoms with Gasteiger partial charge in [-0.05, 0) is 99.1 Å². The number of likely N-dealkylation sites (tertiary alicyclic amines) is 1. The van der Waals surface area contributed by atoms with Crippen molar-refractivity contribution < 1.29 is 14.0 Å². The SMILES string of the molecule is Cc1ccc(C(=O)Nc2cc(F)cc(CC(C)C3CCC(C)N(C(=O)CC(C)(C)C)CC3)c2C)cn1. The maximum absolute atomic E-state index is 14.6. The Bertz CT molecular complexity index is 1070. The number of pyridine rings is 1. The molecule has 0 saturated carbocycles. The number of rotatable bonds is 6. The molecule has 196 valence electrons. The largest absolute Gasteiger partial charge is 0.340 e. The number of aryl methyl sites for hydroxylation is 1. The lowest BCUT2D eigenvalue weighted by Gasteiger charge is -2.30. The minimum absolute atomic E-state index is 0.0200. The van der Waals surface area contributed by atoms with E-state index >= 15 is 0 Å². The molecule has 1 saturated heterocycles. The molecular weight excluding hydrogens is 453 g/mol. The number of amides is 2. The van der Waals surface area contributed by atoms with Crippen LogP contribution in [-0.2, 0) is 11.2 Å². The monoisotopic (exact) mass is 495 g/mol. The average Bonchev–Trinajstić information content (AvgIpc) is 2.98. The van der Waals surface area contributed by atoms with Gasteiger partial charge in [0.1, 0.15) is 5.82 Å². The molecule has 0 bridgehead atoms. The maximum atomic E-state index is 14.6. The molecule has 2 amide bonds. The van der Waals surface area contributed by atoms with Crippen molar-refractivity contribution in [3.8, 4) is 0 Å². The number of nitrogens with zero attached hydrogens (tertiary/aromatic N) is 2. The molecule has 36 heavy (non-hydrogen) atoms. The number of carbonyl (C=O) groups is 2. The molecule has 0 aliphatic carbocycles. The third kappa shape index (κ3) is 7.37. The summed E-state index contributed by atoms with van der Waals surface area (Å²) < 4.78 is 14.6. The zero-order valence-corrected chi connectivity index (χ0v) is 23.0. The van der Waals surface area contributed by atoms with E-state index in [9.17, 15) is 14.0 Å². The maximum Gasteiger partial charge on any atom is 0.257 e. The first-order valence-electron chi connectivity index (χ1n) is 13.2. The third-order valence-electron chi connectivity index (χ3n) is 7.48. The molecule has 1 aromatic heterocycles. The van der Waals surface area contributed by atoms with Gasteiger partial charge in [0.15, 0.2) is 0 Å². The van der Waals surface area contributed by atoms with Crippen LogP contribution in [0.4, 0.5) is 10.1 Å². The van der Waals surface area contributed by atoms with Gasteiger partial charge in [-0.2, -0.15) is 0 Å². The smallest absolute Gasteiger partial charge is 0.257 e. The van der Waals surface area contributed by atoms with Gasteiger partial charge >= 0.3 is 0 Å². The van der Waals surface area contributed by atoms with Gasteiger partial charge in [-0.25, -0.2) is 4.39 Å². The quantitative estimate of drug-likeness (QED) is 0.484. The molecule has 3 unspecified atom stereocenters. The Kier molecular flexibility index (Phi) is 8.91. The first kappa shape index (κ1) is 27.8. The fraction of sp³-hybridized carbons (Fsp3) is 0.567. The molecule has 1 N–H and O–H groups in total. The van der Waals surface area contributed by atoms with Crippen molar-refractivity contribution in [2.24, 2.45) is 17.3 Å². The zero-order valence-electron chi connectivity index (χ0n) is 23.0. The summed E-state index contributed by atoms with van der Waals surface area (Å²) in [6, 6.07) is 6.72. The highest BCUT2D eigenvalue weighted by molar-refractivity contribution is 6.04. The van der Waals surface area contributed by atoms with E-state index < -0.39 is 0 Å². The topological polar surface area (TPSA) is 62.3 Å². The van der Waals surface area contributed by atoms with Crippen molar-refractivity contribution in [3.63, 3.8) is 0 Å². The van der Waals surface area contributed by atoms with Gasteiger partial charge in [0.25, 0.3) is 5.91 Å². The standard InChI is InChI=1S/C30H42FN3O2/c1-19(23-11-9-21(3)34(13-12-23)28(35)17-30(5,6)7)14-25-15-26(31)16-27(22(25)4)33-29(36)24-10-8-20(2)32-18-24/h8,10,15-16,18-19,21,23H,9,11-14,17H2,1-7H3,(H,33,36). The fourth-order valence-electron chi connectivity index (χ4n) is 5.16. The van der Waals surface area contributed by atoms with Crippen LogP contribution >= 0.6 is 0 Å². The molecule has 0 radical (unpaired) electrons. The van der Waals surface area contributed by atoms with Crippen LogP contribution in [0.5, 0.6) is 0 Å². The number of anilines is 1. The summed E-state index contributed by atoms with van der Waals surface area (Å²) >= 11 is 0. The number of hydrogen-bond donors (Lipinski definition) is 1. The highest BCUT2D eigenvalue weighted by atomic mass is 19.1. The van der Waals surface area contributed by atoms with Crippen molar-refractivity contribution in [2.75, 3.05) is 11.9 Å². The van der Waals surface area contributed by atoms with Crippen molar-refractivity contribution in [2.45, 2.75) is 86.6 Å². The van der Waals surface area contributed by atoms with E-state index in [1.54, 1.807) is 18.2 Å². The average molecular weight is 496 g/mol. The van der Waals surface area contributed by atoms with Crippen LogP contribution < -0.4 is 5.32 Å². The summed E-state index contributed by atoms with van der Waals surface area (Å²) in [5.74, 6) is 0.384. The number of carbonyl (C=O) groups excluding carboxylic acids is 2. The van der Waals surface area contributed by atoms with Gasteiger partial charge in [-0.3, -0.25) is 14.6 Å². The Morgan fingerprint density at radius 1 is 1.17 bits per heavy atom. The van der Waals surface area contributed by atoms with E-state index in [1.807, 2.05) is 13.8 Å². The van der Waals surface area contributed by atoms with E-state index in [1.165, 1.54) is 12.3 Å². The van der Waals surface area contributed by atoms with Gasteiger partial charge in [-0.1, -0.05) is 27.7 Å². The van der Waals surface area contributed by atoms with Crippen LogP contribution in [0.1, 0.15) is 87.5 Å². The molecule has 1 fully saturated rings. The Morgan fingerprint density at radius 2 is 1.89 bits per heavy atom. The highest BCUT2D eigenvalue weighted by Crippen LogP contribution is 2.33. The van der Waals surface area contributed by atoms with Gasteiger partial charge < -0.3 is 10.2 Å². The Balaban J connectivity index is 1.69. The van der Waals surface area contributed by atoms with Crippen LogP contribution in [-0.4, -0.2) is 34.3 Å². The van der Waals surface area contributed by atoms with Gasteiger partial charge in [0.2, 0.25) is 5.91 Å². The summed E-state index contributed by atoms with van der Waals surface area (Å²) in [6.07, 6.45) is 5.82. The van der Waals surface area contributed by atoms with Crippen molar-refractivity contribution in [1.29, 1.82) is 0 Å². The molecule has 1 aliphatic heterocycles. The Hall–Kier alpha value is -2.76. The van der Waals surface area contributed by atoms with Crippen LogP contribution in [0.15, 0.2) is 30.5 Å². The second kappa shape index (κ2) is 11.5. The molecule has 0 spiro atoms. The number of nitrogens with one attached hydrogen (secondary N) is 1. The number of hydrogen-bond acceptors (Lipinski definition) is 3. The molecule has 3 atom stereocenters. The van der Waals surface area contributed by atoms with E-state index in [0.717, 1.165) is 49.0 Å². The van der Waals surface area contributed by atoms with Crippen molar-refractivity contribution in [3.05, 3.63) is 58.7 Å². The minimum atomic E-state index is -0.353. The molecular formula is C30H42FN3O2. The summed E-state index contributed by atoms with van der Waals surface area (Å²) in [4.78, 5) is 31.9. The lowest BCUT2D eigenvalue weighted by atomic mass is 9.82. The summed E-state index contributed by atoms with van der Waals surface area (Å²) in [7, 11) is 0. The van der Waals surface area contributed by atoms with E-state index in [4.69, 9.17) is 0 Å². The zero-order chi connectivity index (χ0) is 26.6. The van der Waals surface area contributed by atoms with Crippen molar-refractivity contribution in [1.82, 2.24) is 9.88 Å². The van der Waals surface area contributed by atoms with Crippen LogP contribution in [0.3, 0.4) is 0 Å². The molecule has 5 nitrogen and oxygen atoms in total. The molecule has 3 rings (SSSR count). The number of aromatic nitrogens is 1. The highest BCUT2D eigenvalue weighted by Gasteiger charge is 2.30. The predicted octanol–water partition coefficient (Wildman–Crippen LogP) is 6.72. The third-order valence-corrected chi connectivity index (χ3v) is 7.48. The summed E-state index contributed by atoms with van der Waals surface area (Å²) in [5.41, 5.74) is 3.56. The van der Waals surface area contributed by atoms with Gasteiger partial charge in [0.05, 0.1) is 5.56 Å². The fourth-order valence-corrected chi connectivity index (χ4v) is 5.16. The summed E-state index contributed by atoms with van der Waals surface area (Å²) in [5, 5.41) is 2.87. The lowest BCUT2D eigenvalue weighted by molar-refractivity contribution is -0.135. The number of halogens is 1. The number of benzene rings is 1. The van der Waals surface area contributed by atoms with Crippen molar-refractivity contribution >= 4 is 17.5 Å². The molecule has 6 heteroatoms. The van der Waals surface area contributed by atoms with Crippen LogP contribution in [0.2, 0.25) is 0 Å². The predicted molar refractivity (Wildman–Crippen MR) is 144 cm³/mol. The van der Waals surface area contributed by atoms with E-state index in [2.05, 4.69) is 49.8 Å². The lowest BCUT2D eigenvalue weighted by Crippen LogP contribution is -2.39. The minimum Gasteiger partial charge on any atom is -0.340 e. The first-order chi connectivity index (χ1) is 16.8. The van der Waals surface area contributed by atoms with Crippen LogP contribution in [0.25, 0.3) is 0 Å². The molecule has 2 aromatic rings. The Labute approximate surface area is 215 Å². The molecule has 2 heterocycles. The van der Waals surface area contributed by atoms with Gasteiger partial charge in [-0.15, -0.1) is 0 Å². The normalized spacial score (nSPS) is 19.5. The molecule has 1 aromatic carbocycles. The summed E-state index contributed by atoms with van der Waals surface area (Å²) in [6.45, 7) is 15.3. The Morgan fingerprint density at radius 3 is 2.53 bits per heavy atom. The molecule has 1 aliphatic rings.